The van der Waals surface area contributed by atoms with Gasteiger partial charge in [-0.2, -0.15) is 0 Å². The lowest BCUT2D eigenvalue weighted by atomic mass is 10.1. The van der Waals surface area contributed by atoms with Gasteiger partial charge in [0.05, 0.1) is 0 Å². The molecule has 2 heteroatoms. The largest absolute Gasteiger partial charge is 0.286 e. The Balaban J connectivity index is 2.74. The summed E-state index contributed by atoms with van der Waals surface area (Å²) in [5.74, 6) is -0.841. The first kappa shape index (κ1) is 6.93. The van der Waals surface area contributed by atoms with Crippen LogP contribution in [0.3, 0.4) is 0 Å². The maximum atomic E-state index is 10.7. The van der Waals surface area contributed by atoms with Crippen LogP contribution in [0.5, 0.6) is 0 Å². The Kier molecular flexibility index (Phi) is 2.15. The van der Waals surface area contributed by atoms with E-state index in [2.05, 4.69) is 0 Å². The second-order valence-corrected chi connectivity index (χ2v) is 2.11. The van der Waals surface area contributed by atoms with E-state index in [9.17, 15) is 9.59 Å². The van der Waals surface area contributed by atoms with Gasteiger partial charge in [0.25, 0.3) is 0 Å². The number of ketones is 2. The standard InChI is InChI=1S/C8H8O2/c9-7-5-3-1-2-4-6-8(7)10/h3-6H,1-2H2/b5-3-,6-4-. The Morgan fingerprint density at radius 1 is 0.900 bits per heavy atom. The van der Waals surface area contributed by atoms with E-state index in [0.717, 1.165) is 12.8 Å². The number of hydrogen-bond donors (Lipinski definition) is 0. The van der Waals surface area contributed by atoms with Gasteiger partial charge in [0.15, 0.2) is 0 Å². The zero-order chi connectivity index (χ0) is 7.40. The molecular weight excluding hydrogens is 128 g/mol. The molecule has 0 radical (unpaired) electrons. The molecule has 0 spiro atoms. The van der Waals surface area contributed by atoms with E-state index in [-0.39, 0.29) is 0 Å². The van der Waals surface area contributed by atoms with Crippen molar-refractivity contribution in [3.8, 4) is 0 Å². The molecule has 52 valence electrons. The lowest BCUT2D eigenvalue weighted by Crippen LogP contribution is -2.07. The second-order valence-electron chi connectivity index (χ2n) is 2.11. The van der Waals surface area contributed by atoms with E-state index >= 15 is 0 Å². The fourth-order valence-electron chi connectivity index (χ4n) is 0.737. The number of carbonyl (C=O) groups excluding carboxylic acids is 2. The summed E-state index contributed by atoms with van der Waals surface area (Å²) in [5.41, 5.74) is 0. The smallest absolute Gasteiger partial charge is 0.225 e. The van der Waals surface area contributed by atoms with Gasteiger partial charge in [-0.15, -0.1) is 0 Å². The van der Waals surface area contributed by atoms with Crippen LogP contribution in [0, 0.1) is 0 Å². The number of carbonyl (C=O) groups is 2. The summed E-state index contributed by atoms with van der Waals surface area (Å²) < 4.78 is 0. The van der Waals surface area contributed by atoms with Gasteiger partial charge in [-0.3, -0.25) is 9.59 Å². The first-order valence-corrected chi connectivity index (χ1v) is 3.22. The van der Waals surface area contributed by atoms with Crippen molar-refractivity contribution in [3.05, 3.63) is 24.3 Å². The van der Waals surface area contributed by atoms with Crippen molar-refractivity contribution < 1.29 is 9.59 Å². The summed E-state index contributed by atoms with van der Waals surface area (Å²) in [4.78, 5) is 21.4. The summed E-state index contributed by atoms with van der Waals surface area (Å²) in [6, 6.07) is 0. The Hall–Kier alpha value is -1.18. The molecule has 0 bridgehead atoms. The number of rotatable bonds is 0. The fraction of sp³-hybridized carbons (Fsp3) is 0.250. The van der Waals surface area contributed by atoms with Gasteiger partial charge in [0.1, 0.15) is 0 Å². The minimum Gasteiger partial charge on any atom is -0.286 e. The Bertz CT molecular complexity index is 187. The molecule has 1 rings (SSSR count). The molecule has 0 N–H and O–H groups in total. The molecule has 0 aromatic carbocycles. The van der Waals surface area contributed by atoms with E-state index in [0.29, 0.717) is 0 Å². The monoisotopic (exact) mass is 136 g/mol. The number of allylic oxidation sites excluding steroid dienone is 4. The molecule has 0 saturated heterocycles. The molecule has 1 aliphatic rings. The lowest BCUT2D eigenvalue weighted by Gasteiger charge is -1.92. The third-order valence-corrected chi connectivity index (χ3v) is 1.28. The molecule has 0 amide bonds. The quantitative estimate of drug-likeness (QED) is 0.466. The van der Waals surface area contributed by atoms with Crippen LogP contribution in [0.4, 0.5) is 0 Å². The highest BCUT2D eigenvalue weighted by Gasteiger charge is 2.05. The van der Waals surface area contributed by atoms with Crippen LogP contribution >= 0.6 is 0 Å². The highest BCUT2D eigenvalue weighted by atomic mass is 16.2. The summed E-state index contributed by atoms with van der Waals surface area (Å²) in [6.07, 6.45) is 7.82. The van der Waals surface area contributed by atoms with Crippen LogP contribution in [0.15, 0.2) is 24.3 Å². The molecule has 0 aromatic rings. The van der Waals surface area contributed by atoms with Crippen LogP contribution in [0.1, 0.15) is 12.8 Å². The van der Waals surface area contributed by atoms with Crippen molar-refractivity contribution in [3.63, 3.8) is 0 Å². The molecule has 0 fully saturated rings. The van der Waals surface area contributed by atoms with Gasteiger partial charge in [-0.25, -0.2) is 0 Å². The zero-order valence-corrected chi connectivity index (χ0v) is 5.54. The van der Waals surface area contributed by atoms with E-state index in [1.54, 1.807) is 12.2 Å². The van der Waals surface area contributed by atoms with Crippen LogP contribution < -0.4 is 0 Å². The first-order chi connectivity index (χ1) is 4.80. The summed E-state index contributed by atoms with van der Waals surface area (Å²) >= 11 is 0. The predicted molar refractivity (Wildman–Crippen MR) is 37.5 cm³/mol. The molecule has 0 saturated carbocycles. The van der Waals surface area contributed by atoms with Gasteiger partial charge < -0.3 is 0 Å². The second kappa shape index (κ2) is 3.11. The van der Waals surface area contributed by atoms with Crippen molar-refractivity contribution in [1.82, 2.24) is 0 Å². The van der Waals surface area contributed by atoms with Gasteiger partial charge >= 0.3 is 0 Å². The van der Waals surface area contributed by atoms with Gasteiger partial charge in [-0.1, -0.05) is 12.2 Å². The first-order valence-electron chi connectivity index (χ1n) is 3.22. The molecule has 0 heterocycles. The molecule has 2 nitrogen and oxygen atoms in total. The fourth-order valence-corrected chi connectivity index (χ4v) is 0.737. The zero-order valence-electron chi connectivity index (χ0n) is 5.54. The average Bonchev–Trinajstić information content (AvgIpc) is 1.92. The molecule has 0 unspecified atom stereocenters. The summed E-state index contributed by atoms with van der Waals surface area (Å²) in [7, 11) is 0. The molecule has 10 heavy (non-hydrogen) atoms. The van der Waals surface area contributed by atoms with Gasteiger partial charge in [0.2, 0.25) is 11.6 Å². The SMILES string of the molecule is O=C1/C=C\CC/C=C\C1=O. The van der Waals surface area contributed by atoms with E-state index in [1.165, 1.54) is 12.2 Å². The Morgan fingerprint density at radius 3 is 1.70 bits per heavy atom. The number of hydrogen-bond acceptors (Lipinski definition) is 2. The van der Waals surface area contributed by atoms with Crippen LogP contribution in [-0.2, 0) is 9.59 Å². The molecular formula is C8H8O2. The van der Waals surface area contributed by atoms with Crippen LogP contribution in [0.25, 0.3) is 0 Å². The van der Waals surface area contributed by atoms with Crippen molar-refractivity contribution in [1.29, 1.82) is 0 Å². The predicted octanol–water partition coefficient (Wildman–Crippen LogP) is 1.03. The van der Waals surface area contributed by atoms with Crippen LogP contribution in [0.2, 0.25) is 0 Å². The molecule has 0 aliphatic heterocycles. The highest BCUT2D eigenvalue weighted by Crippen LogP contribution is 1.98. The highest BCUT2D eigenvalue weighted by molar-refractivity contribution is 6.45. The molecule has 1 aliphatic carbocycles. The van der Waals surface area contributed by atoms with Gasteiger partial charge in [-0.05, 0) is 25.0 Å². The van der Waals surface area contributed by atoms with Crippen molar-refractivity contribution >= 4 is 11.6 Å². The summed E-state index contributed by atoms with van der Waals surface area (Å²) in [5, 5.41) is 0. The van der Waals surface area contributed by atoms with E-state index < -0.39 is 11.6 Å². The molecule has 0 aromatic heterocycles. The Labute approximate surface area is 59.2 Å². The Morgan fingerprint density at radius 2 is 1.30 bits per heavy atom. The normalized spacial score (nSPS) is 25.2. The van der Waals surface area contributed by atoms with Crippen molar-refractivity contribution in [2.75, 3.05) is 0 Å². The third kappa shape index (κ3) is 1.65. The lowest BCUT2D eigenvalue weighted by molar-refractivity contribution is -0.130. The summed E-state index contributed by atoms with van der Waals surface area (Å²) in [6.45, 7) is 0. The van der Waals surface area contributed by atoms with Crippen molar-refractivity contribution in [2.45, 2.75) is 12.8 Å². The minimum atomic E-state index is -0.420. The topological polar surface area (TPSA) is 34.1 Å². The van der Waals surface area contributed by atoms with E-state index in [1.807, 2.05) is 0 Å². The maximum Gasteiger partial charge on any atom is 0.225 e. The van der Waals surface area contributed by atoms with Gasteiger partial charge in [0, 0.05) is 0 Å². The third-order valence-electron chi connectivity index (χ3n) is 1.28. The van der Waals surface area contributed by atoms with Crippen LogP contribution in [-0.4, -0.2) is 11.6 Å². The average molecular weight is 136 g/mol. The minimum absolute atomic E-state index is 0.420. The maximum absolute atomic E-state index is 10.7. The molecule has 0 atom stereocenters. The van der Waals surface area contributed by atoms with E-state index in [4.69, 9.17) is 0 Å². The van der Waals surface area contributed by atoms with Crippen molar-refractivity contribution in [2.24, 2.45) is 0 Å².